The molecular weight excluding hydrogens is 438 g/mol. The van der Waals surface area contributed by atoms with Crippen LogP contribution < -0.4 is 15.4 Å². The van der Waals surface area contributed by atoms with Gasteiger partial charge in [0, 0.05) is 30.1 Å². The van der Waals surface area contributed by atoms with Crippen LogP contribution in [0.25, 0.3) is 0 Å². The summed E-state index contributed by atoms with van der Waals surface area (Å²) >= 11 is 0. The lowest BCUT2D eigenvalue weighted by molar-refractivity contribution is 0.0522. The van der Waals surface area contributed by atoms with E-state index in [1.807, 2.05) is 0 Å². The van der Waals surface area contributed by atoms with E-state index >= 15 is 0 Å². The molecule has 0 bridgehead atoms. The van der Waals surface area contributed by atoms with Gasteiger partial charge in [-0.3, -0.25) is 4.79 Å². The first-order chi connectivity index (χ1) is 16.1. The summed E-state index contributed by atoms with van der Waals surface area (Å²) in [5.74, 6) is -0.828. The van der Waals surface area contributed by atoms with Gasteiger partial charge in [-0.25, -0.2) is 14.6 Å². The van der Waals surface area contributed by atoms with E-state index in [1.54, 1.807) is 75.5 Å². The molecule has 0 spiro atoms. The average Bonchev–Trinajstić information content (AvgIpc) is 2.77. The Balaban J connectivity index is 1.64. The minimum absolute atomic E-state index is 0.0713. The maximum absolute atomic E-state index is 12.6. The third-order valence-electron chi connectivity index (χ3n) is 4.32. The fraction of sp³-hybridized carbons (Fsp3) is 0.200. The van der Waals surface area contributed by atoms with E-state index < -0.39 is 23.6 Å². The Hall–Kier alpha value is -4.40. The van der Waals surface area contributed by atoms with Crippen molar-refractivity contribution in [3.8, 4) is 11.6 Å². The van der Waals surface area contributed by atoms with Gasteiger partial charge in [0.05, 0.1) is 5.56 Å². The SMILES string of the molecule is CC(C)(C)OC(=O)NCc1ccnc(Oc2cccc(C(=O)Nc3cccc(C(=O)O)c3)c2)c1. The molecule has 9 nitrogen and oxygen atoms in total. The highest BCUT2D eigenvalue weighted by atomic mass is 16.6. The zero-order valence-electron chi connectivity index (χ0n) is 19.0. The van der Waals surface area contributed by atoms with E-state index in [1.165, 1.54) is 12.1 Å². The molecule has 0 saturated carbocycles. The highest BCUT2D eigenvalue weighted by Gasteiger charge is 2.16. The number of nitrogens with one attached hydrogen (secondary N) is 2. The molecule has 0 saturated heterocycles. The van der Waals surface area contributed by atoms with Crippen molar-refractivity contribution in [2.75, 3.05) is 5.32 Å². The summed E-state index contributed by atoms with van der Waals surface area (Å²) in [5, 5.41) is 14.4. The minimum Gasteiger partial charge on any atom is -0.478 e. The van der Waals surface area contributed by atoms with Crippen LogP contribution >= 0.6 is 0 Å². The number of pyridine rings is 1. The van der Waals surface area contributed by atoms with E-state index in [4.69, 9.17) is 14.6 Å². The molecule has 0 unspecified atom stereocenters. The number of carboxylic acids is 1. The lowest BCUT2D eigenvalue weighted by Crippen LogP contribution is -2.32. The Morgan fingerprint density at radius 3 is 2.44 bits per heavy atom. The molecule has 0 aliphatic carbocycles. The Morgan fingerprint density at radius 1 is 0.971 bits per heavy atom. The van der Waals surface area contributed by atoms with Crippen molar-refractivity contribution < 1.29 is 29.0 Å². The van der Waals surface area contributed by atoms with Crippen LogP contribution in [0.15, 0.2) is 66.9 Å². The van der Waals surface area contributed by atoms with Gasteiger partial charge in [-0.1, -0.05) is 12.1 Å². The van der Waals surface area contributed by atoms with E-state index in [-0.39, 0.29) is 18.0 Å². The van der Waals surface area contributed by atoms with Gasteiger partial charge in [-0.2, -0.15) is 0 Å². The number of amides is 2. The van der Waals surface area contributed by atoms with Gasteiger partial charge in [-0.15, -0.1) is 0 Å². The molecule has 0 aliphatic heterocycles. The number of ether oxygens (including phenoxy) is 2. The molecule has 176 valence electrons. The summed E-state index contributed by atoms with van der Waals surface area (Å²) in [6, 6.07) is 15.9. The summed E-state index contributed by atoms with van der Waals surface area (Å²) in [6.45, 7) is 5.58. The summed E-state index contributed by atoms with van der Waals surface area (Å²) in [4.78, 5) is 39.8. The van der Waals surface area contributed by atoms with Crippen LogP contribution in [0.4, 0.5) is 10.5 Å². The largest absolute Gasteiger partial charge is 0.478 e. The standard InChI is InChI=1S/C25H25N3O6/c1-25(2,3)34-24(32)27-15-16-10-11-26-21(12-16)33-20-9-5-6-17(14-20)22(29)28-19-8-4-7-18(13-19)23(30)31/h4-14H,15H2,1-3H3,(H,27,32)(H,28,29)(H,30,31). The zero-order valence-corrected chi connectivity index (χ0v) is 19.0. The molecule has 34 heavy (non-hydrogen) atoms. The number of carboxylic acid groups (broad SMARTS) is 1. The van der Waals surface area contributed by atoms with E-state index in [0.29, 0.717) is 17.0 Å². The average molecular weight is 463 g/mol. The number of carbonyl (C=O) groups is 3. The van der Waals surface area contributed by atoms with Gasteiger partial charge in [-0.05, 0) is 68.8 Å². The maximum Gasteiger partial charge on any atom is 0.407 e. The summed E-state index contributed by atoms with van der Waals surface area (Å²) in [7, 11) is 0. The lowest BCUT2D eigenvalue weighted by Gasteiger charge is -2.19. The number of alkyl carbamates (subject to hydrolysis) is 1. The molecule has 3 aromatic rings. The van der Waals surface area contributed by atoms with Crippen LogP contribution in [-0.2, 0) is 11.3 Å². The number of rotatable bonds is 7. The Kier molecular flexibility index (Phi) is 7.47. The lowest BCUT2D eigenvalue weighted by atomic mass is 10.1. The van der Waals surface area contributed by atoms with Gasteiger partial charge >= 0.3 is 12.1 Å². The van der Waals surface area contributed by atoms with Crippen molar-refractivity contribution in [1.29, 1.82) is 0 Å². The van der Waals surface area contributed by atoms with Crippen LogP contribution in [0.1, 0.15) is 47.1 Å². The molecular formula is C25H25N3O6. The number of carbonyl (C=O) groups excluding carboxylic acids is 2. The molecule has 0 atom stereocenters. The second-order valence-electron chi connectivity index (χ2n) is 8.33. The van der Waals surface area contributed by atoms with E-state index in [9.17, 15) is 14.4 Å². The molecule has 0 radical (unpaired) electrons. The van der Waals surface area contributed by atoms with E-state index in [0.717, 1.165) is 5.56 Å². The molecule has 2 aromatic carbocycles. The van der Waals surface area contributed by atoms with Crippen LogP contribution in [0.5, 0.6) is 11.6 Å². The van der Waals surface area contributed by atoms with Crippen LogP contribution in [0.2, 0.25) is 0 Å². The van der Waals surface area contributed by atoms with Gasteiger partial charge < -0.3 is 25.2 Å². The highest BCUT2D eigenvalue weighted by Crippen LogP contribution is 2.22. The summed E-state index contributed by atoms with van der Waals surface area (Å²) in [5.41, 5.74) is 0.918. The predicted octanol–water partition coefficient (Wildman–Crippen LogP) is 4.85. The molecule has 1 heterocycles. The zero-order chi connectivity index (χ0) is 24.7. The molecule has 1 aromatic heterocycles. The van der Waals surface area contributed by atoms with Crippen molar-refractivity contribution in [2.24, 2.45) is 0 Å². The minimum atomic E-state index is -1.08. The third-order valence-corrected chi connectivity index (χ3v) is 4.32. The number of aromatic carboxylic acids is 1. The Labute approximate surface area is 196 Å². The normalized spacial score (nSPS) is 10.8. The number of hydrogen-bond acceptors (Lipinski definition) is 6. The number of anilines is 1. The van der Waals surface area contributed by atoms with Crippen molar-refractivity contribution in [1.82, 2.24) is 10.3 Å². The summed E-state index contributed by atoms with van der Waals surface area (Å²) in [6.07, 6.45) is 1.02. The van der Waals surface area contributed by atoms with Gasteiger partial charge in [0.15, 0.2) is 0 Å². The molecule has 9 heteroatoms. The first kappa shape index (κ1) is 24.2. The number of hydrogen-bond donors (Lipinski definition) is 3. The summed E-state index contributed by atoms with van der Waals surface area (Å²) < 4.78 is 11.0. The molecule has 0 fully saturated rings. The second-order valence-corrected chi connectivity index (χ2v) is 8.33. The van der Waals surface area contributed by atoms with Crippen molar-refractivity contribution >= 4 is 23.7 Å². The van der Waals surface area contributed by atoms with Crippen molar-refractivity contribution in [2.45, 2.75) is 32.9 Å². The van der Waals surface area contributed by atoms with Crippen LogP contribution in [-0.4, -0.2) is 33.7 Å². The first-order valence-electron chi connectivity index (χ1n) is 10.4. The quantitative estimate of drug-likeness (QED) is 0.457. The Bertz CT molecular complexity index is 1200. The van der Waals surface area contributed by atoms with Crippen molar-refractivity contribution in [3.63, 3.8) is 0 Å². The topological polar surface area (TPSA) is 127 Å². The maximum atomic E-state index is 12.6. The van der Waals surface area contributed by atoms with Gasteiger partial charge in [0.2, 0.25) is 5.88 Å². The molecule has 3 N–H and O–H groups in total. The monoisotopic (exact) mass is 463 g/mol. The number of aromatic nitrogens is 1. The number of benzene rings is 2. The number of nitrogens with zero attached hydrogens (tertiary/aromatic N) is 1. The second kappa shape index (κ2) is 10.5. The highest BCUT2D eigenvalue weighted by molar-refractivity contribution is 6.05. The van der Waals surface area contributed by atoms with Crippen LogP contribution in [0.3, 0.4) is 0 Å². The van der Waals surface area contributed by atoms with E-state index in [2.05, 4.69) is 15.6 Å². The Morgan fingerprint density at radius 2 is 1.71 bits per heavy atom. The first-order valence-corrected chi connectivity index (χ1v) is 10.4. The molecule has 3 rings (SSSR count). The smallest absolute Gasteiger partial charge is 0.407 e. The third kappa shape index (κ3) is 7.33. The molecule has 2 amide bonds. The van der Waals surface area contributed by atoms with Crippen LogP contribution in [0, 0.1) is 0 Å². The van der Waals surface area contributed by atoms with Gasteiger partial charge in [0.1, 0.15) is 11.4 Å². The predicted molar refractivity (Wildman–Crippen MR) is 125 cm³/mol. The fourth-order valence-corrected chi connectivity index (χ4v) is 2.86. The van der Waals surface area contributed by atoms with Gasteiger partial charge in [0.25, 0.3) is 5.91 Å². The fourth-order valence-electron chi connectivity index (χ4n) is 2.86. The van der Waals surface area contributed by atoms with Crippen molar-refractivity contribution in [3.05, 3.63) is 83.6 Å². The molecule has 0 aliphatic rings.